The normalized spacial score (nSPS) is 11.8. The topological polar surface area (TPSA) is 74.6 Å². The van der Waals surface area contributed by atoms with Crippen molar-refractivity contribution in [3.05, 3.63) is 34.1 Å². The third kappa shape index (κ3) is 2.50. The van der Waals surface area contributed by atoms with Gasteiger partial charge in [-0.25, -0.2) is 31.5 Å². The van der Waals surface area contributed by atoms with Crippen LogP contribution in [0.5, 0.6) is 0 Å². The Morgan fingerprint density at radius 3 is 1.57 bits per heavy atom. The highest BCUT2D eigenvalue weighted by atomic mass is 19.3. The predicted octanol–water partition coefficient (Wildman–Crippen LogP) is 2.86. The fraction of sp³-hybridized carbons (Fsp3) is 0.200. The van der Waals surface area contributed by atoms with Gasteiger partial charge in [0.05, 0.1) is 0 Å². The van der Waals surface area contributed by atoms with Crippen LogP contribution in [0, 0.1) is 17.5 Å². The van der Waals surface area contributed by atoms with E-state index in [1.165, 1.54) is 0 Å². The number of hydrogen-bond donors (Lipinski definition) is 2. The molecule has 0 amide bonds. The molecule has 1 rings (SSSR count). The monoisotopic (exact) mass is 320 g/mol. The summed E-state index contributed by atoms with van der Waals surface area (Å²) in [4.78, 5) is 21.2. The van der Waals surface area contributed by atoms with Crippen molar-refractivity contribution in [2.45, 2.75) is 12.3 Å². The molecule has 0 atom stereocenters. The molecule has 0 aromatic heterocycles. The maximum Gasteiger partial charge on any atom is 0.339 e. The van der Waals surface area contributed by atoms with Gasteiger partial charge in [0.2, 0.25) is 0 Å². The summed E-state index contributed by atoms with van der Waals surface area (Å²) >= 11 is 0. The van der Waals surface area contributed by atoms with Gasteiger partial charge in [-0.3, -0.25) is 0 Å². The van der Waals surface area contributed by atoms with E-state index in [0.29, 0.717) is 0 Å². The highest BCUT2D eigenvalue weighted by molar-refractivity contribution is 6.02. The van der Waals surface area contributed by atoms with E-state index in [-0.39, 0.29) is 0 Å². The van der Waals surface area contributed by atoms with E-state index in [2.05, 4.69) is 0 Å². The van der Waals surface area contributed by atoms with Crippen LogP contribution in [0.15, 0.2) is 0 Å². The molecule has 116 valence electrons. The number of alkyl halides is 4. The molecular weight excluding hydrogens is 317 g/mol. The average Bonchev–Trinajstić information content (AvgIpc) is 2.31. The molecule has 0 saturated heterocycles. The zero-order chi connectivity index (χ0) is 16.7. The van der Waals surface area contributed by atoms with E-state index in [4.69, 9.17) is 10.2 Å². The maximum atomic E-state index is 13.6. The highest BCUT2D eigenvalue weighted by Gasteiger charge is 2.50. The average molecular weight is 320 g/mol. The molecule has 11 heteroatoms. The predicted molar refractivity (Wildman–Crippen MR) is 50.1 cm³/mol. The second kappa shape index (κ2) is 5.22. The van der Waals surface area contributed by atoms with Crippen LogP contribution in [0.1, 0.15) is 26.3 Å². The summed E-state index contributed by atoms with van der Waals surface area (Å²) in [6, 6.07) is 0. The Hall–Kier alpha value is -2.33. The molecule has 0 saturated carbocycles. The number of carbonyl (C=O) groups is 2. The molecule has 0 fully saturated rings. The molecule has 1 aromatic carbocycles. The Kier molecular flexibility index (Phi) is 4.16. The Labute approximate surface area is 110 Å². The van der Waals surface area contributed by atoms with Crippen molar-refractivity contribution in [3.63, 3.8) is 0 Å². The fourth-order valence-electron chi connectivity index (χ4n) is 1.46. The summed E-state index contributed by atoms with van der Waals surface area (Å²) in [6.45, 7) is 0. The standard InChI is InChI=1S/C10H3F7O4/c11-4-1(7(18)19)2(8(20)21)5(12)6(13)3(4)10(16,17)9(14)15/h9H,(H,18,19)(H,20,21). The first-order chi connectivity index (χ1) is 9.44. The third-order valence-corrected chi connectivity index (χ3v) is 2.36. The minimum atomic E-state index is -5.56. The molecule has 0 aliphatic heterocycles. The Morgan fingerprint density at radius 1 is 0.857 bits per heavy atom. The van der Waals surface area contributed by atoms with Gasteiger partial charge in [0.25, 0.3) is 0 Å². The van der Waals surface area contributed by atoms with Crippen molar-refractivity contribution in [2.75, 3.05) is 0 Å². The minimum Gasteiger partial charge on any atom is -0.478 e. The summed E-state index contributed by atoms with van der Waals surface area (Å²) in [6.07, 6.45) is -4.68. The molecule has 4 nitrogen and oxygen atoms in total. The highest BCUT2D eigenvalue weighted by Crippen LogP contribution is 2.40. The maximum absolute atomic E-state index is 13.6. The van der Waals surface area contributed by atoms with Gasteiger partial charge in [-0.05, 0) is 0 Å². The van der Waals surface area contributed by atoms with Gasteiger partial charge in [0.15, 0.2) is 17.5 Å². The first-order valence-corrected chi connectivity index (χ1v) is 4.78. The number of benzene rings is 1. The summed E-state index contributed by atoms with van der Waals surface area (Å²) in [5, 5.41) is 17.0. The first kappa shape index (κ1) is 16.7. The van der Waals surface area contributed by atoms with Crippen LogP contribution >= 0.6 is 0 Å². The van der Waals surface area contributed by atoms with Crippen LogP contribution in [0.3, 0.4) is 0 Å². The van der Waals surface area contributed by atoms with Gasteiger partial charge in [0, 0.05) is 0 Å². The molecular formula is C10H3F7O4. The number of hydrogen-bond acceptors (Lipinski definition) is 2. The minimum absolute atomic E-state index is 2.09. The molecule has 0 bridgehead atoms. The lowest BCUT2D eigenvalue weighted by Crippen LogP contribution is -2.30. The molecule has 0 unspecified atom stereocenters. The Balaban J connectivity index is 3.96. The molecule has 1 aromatic rings. The van der Waals surface area contributed by atoms with E-state index in [1.807, 2.05) is 0 Å². The lowest BCUT2D eigenvalue weighted by atomic mass is 9.97. The van der Waals surface area contributed by atoms with Crippen molar-refractivity contribution in [1.29, 1.82) is 0 Å². The van der Waals surface area contributed by atoms with Crippen molar-refractivity contribution < 1.29 is 50.5 Å². The lowest BCUT2D eigenvalue weighted by Gasteiger charge is -2.19. The fourth-order valence-corrected chi connectivity index (χ4v) is 1.46. The number of rotatable bonds is 4. The molecule has 2 N–H and O–H groups in total. The van der Waals surface area contributed by atoms with E-state index in [9.17, 15) is 40.3 Å². The Morgan fingerprint density at radius 2 is 1.24 bits per heavy atom. The van der Waals surface area contributed by atoms with Crippen molar-refractivity contribution in [2.24, 2.45) is 0 Å². The summed E-state index contributed by atoms with van der Waals surface area (Å²) < 4.78 is 90.5. The van der Waals surface area contributed by atoms with Gasteiger partial charge >= 0.3 is 24.3 Å². The van der Waals surface area contributed by atoms with Crippen LogP contribution in [0.25, 0.3) is 0 Å². The number of carboxylic acids is 2. The van der Waals surface area contributed by atoms with Crippen molar-refractivity contribution >= 4 is 11.9 Å². The van der Waals surface area contributed by atoms with Crippen molar-refractivity contribution in [3.8, 4) is 0 Å². The molecule has 0 radical (unpaired) electrons. The largest absolute Gasteiger partial charge is 0.478 e. The second-order valence-electron chi connectivity index (χ2n) is 3.60. The number of carboxylic acid groups (broad SMARTS) is 2. The van der Waals surface area contributed by atoms with Gasteiger partial charge in [-0.2, -0.15) is 8.78 Å². The zero-order valence-corrected chi connectivity index (χ0v) is 9.43. The van der Waals surface area contributed by atoms with Gasteiger partial charge in [0.1, 0.15) is 16.7 Å². The third-order valence-electron chi connectivity index (χ3n) is 2.36. The quantitative estimate of drug-likeness (QED) is 0.661. The SMILES string of the molecule is O=C(O)c1c(F)c(F)c(C(F)(F)C(F)F)c(F)c1C(=O)O. The van der Waals surface area contributed by atoms with E-state index in [0.717, 1.165) is 0 Å². The summed E-state index contributed by atoms with van der Waals surface area (Å²) in [7, 11) is 0. The molecule has 21 heavy (non-hydrogen) atoms. The van der Waals surface area contributed by atoms with E-state index < -0.39 is 58.4 Å². The van der Waals surface area contributed by atoms with E-state index >= 15 is 0 Å². The van der Waals surface area contributed by atoms with Gasteiger partial charge in [-0.15, -0.1) is 0 Å². The smallest absolute Gasteiger partial charge is 0.339 e. The van der Waals surface area contributed by atoms with Crippen LogP contribution in [-0.2, 0) is 5.92 Å². The summed E-state index contributed by atoms with van der Waals surface area (Å²) in [5.41, 5.74) is -7.12. The van der Waals surface area contributed by atoms with Crippen LogP contribution in [0.2, 0.25) is 0 Å². The zero-order valence-electron chi connectivity index (χ0n) is 9.43. The lowest BCUT2D eigenvalue weighted by molar-refractivity contribution is -0.139. The number of halogens is 7. The van der Waals surface area contributed by atoms with E-state index in [1.54, 1.807) is 0 Å². The second-order valence-corrected chi connectivity index (χ2v) is 3.60. The molecule has 0 aliphatic rings. The molecule has 0 spiro atoms. The number of aromatic carboxylic acids is 2. The van der Waals surface area contributed by atoms with Crippen molar-refractivity contribution in [1.82, 2.24) is 0 Å². The molecule has 0 heterocycles. The van der Waals surface area contributed by atoms with Crippen LogP contribution in [0.4, 0.5) is 30.7 Å². The first-order valence-electron chi connectivity index (χ1n) is 4.78. The van der Waals surface area contributed by atoms with Gasteiger partial charge < -0.3 is 10.2 Å². The van der Waals surface area contributed by atoms with Gasteiger partial charge in [-0.1, -0.05) is 0 Å². The van der Waals surface area contributed by atoms with Crippen LogP contribution < -0.4 is 0 Å². The molecule has 0 aliphatic carbocycles. The summed E-state index contributed by atoms with van der Waals surface area (Å²) in [5.74, 6) is -19.0. The Bertz CT molecular complexity index is 627. The van der Waals surface area contributed by atoms with Crippen LogP contribution in [-0.4, -0.2) is 28.6 Å².